The Morgan fingerprint density at radius 1 is 0.784 bits per heavy atom. The van der Waals surface area contributed by atoms with E-state index in [2.05, 4.69) is 21.3 Å². The maximum atomic E-state index is 14.1. The van der Waals surface area contributed by atoms with E-state index in [4.69, 9.17) is 0 Å². The molecule has 0 saturated carbocycles. The second kappa shape index (κ2) is 18.6. The fourth-order valence-electron chi connectivity index (χ4n) is 6.83. The van der Waals surface area contributed by atoms with Crippen LogP contribution >= 0.6 is 0 Å². The summed E-state index contributed by atoms with van der Waals surface area (Å²) >= 11 is 0. The summed E-state index contributed by atoms with van der Waals surface area (Å²) in [7, 11) is 3.51. The van der Waals surface area contributed by atoms with Crippen molar-refractivity contribution in [2.45, 2.75) is 62.7 Å². The highest BCUT2D eigenvalue weighted by molar-refractivity contribution is 5.94. The molecule has 4 aromatic rings. The third-order valence-corrected chi connectivity index (χ3v) is 9.82. The van der Waals surface area contributed by atoms with Crippen LogP contribution in [0.4, 0.5) is 0 Å². The van der Waals surface area contributed by atoms with Gasteiger partial charge in [0.25, 0.3) is 5.91 Å². The lowest BCUT2D eigenvalue weighted by molar-refractivity contribution is -0.138. The van der Waals surface area contributed by atoms with E-state index < -0.39 is 12.1 Å². The highest BCUT2D eigenvalue weighted by Crippen LogP contribution is 2.27. The second-order valence-electron chi connectivity index (χ2n) is 13.2. The quantitative estimate of drug-likeness (QED) is 0.140. The summed E-state index contributed by atoms with van der Waals surface area (Å²) in [6.45, 7) is 0.233. The minimum atomic E-state index is -0.823. The number of likely N-dealkylation sites (N-methyl/N-ethyl adjacent to an activating group) is 2. The molecule has 4 aromatic carbocycles. The Morgan fingerprint density at radius 2 is 1.35 bits per heavy atom. The number of carbonyl (C=O) groups excluding carboxylic acids is 4. The molecule has 9 nitrogen and oxygen atoms in total. The zero-order chi connectivity index (χ0) is 36.0. The number of hydrogen-bond acceptors (Lipinski definition) is 5. The summed E-state index contributed by atoms with van der Waals surface area (Å²) in [5, 5.41) is 12.4. The van der Waals surface area contributed by atoms with Gasteiger partial charge in [-0.1, -0.05) is 109 Å². The van der Waals surface area contributed by atoms with Crippen LogP contribution in [0.2, 0.25) is 0 Å². The molecule has 4 amide bonds. The van der Waals surface area contributed by atoms with Gasteiger partial charge < -0.3 is 26.2 Å². The van der Waals surface area contributed by atoms with Gasteiger partial charge in [0.2, 0.25) is 17.7 Å². The van der Waals surface area contributed by atoms with Gasteiger partial charge in [0.1, 0.15) is 6.04 Å². The van der Waals surface area contributed by atoms with E-state index in [0.717, 1.165) is 16.7 Å². The molecule has 0 radical (unpaired) electrons. The lowest BCUT2D eigenvalue weighted by atomic mass is 9.92. The molecule has 0 spiro atoms. The molecular formula is C42H49N5O4. The van der Waals surface area contributed by atoms with Crippen LogP contribution in [0.3, 0.4) is 0 Å². The lowest BCUT2D eigenvalue weighted by Crippen LogP contribution is -2.57. The molecule has 266 valence electrons. The van der Waals surface area contributed by atoms with Crippen LogP contribution in [0.1, 0.15) is 65.2 Å². The van der Waals surface area contributed by atoms with Crippen LogP contribution in [-0.2, 0) is 20.8 Å². The minimum Gasteiger partial charge on any atom is -0.352 e. The molecule has 1 aliphatic heterocycles. The summed E-state index contributed by atoms with van der Waals surface area (Å²) in [6.07, 6.45) is 3.30. The third-order valence-electron chi connectivity index (χ3n) is 9.82. The molecule has 0 aromatic heterocycles. The molecule has 4 atom stereocenters. The predicted molar refractivity (Wildman–Crippen MR) is 200 cm³/mol. The van der Waals surface area contributed by atoms with Gasteiger partial charge >= 0.3 is 0 Å². The van der Waals surface area contributed by atoms with Crippen molar-refractivity contribution in [2.24, 2.45) is 5.92 Å². The maximum absolute atomic E-state index is 14.1. The molecule has 3 unspecified atom stereocenters. The normalized spacial score (nSPS) is 18.1. The fourth-order valence-corrected chi connectivity index (χ4v) is 6.83. The molecule has 0 aliphatic carbocycles. The second-order valence-corrected chi connectivity index (χ2v) is 13.2. The van der Waals surface area contributed by atoms with Crippen LogP contribution in [0.5, 0.6) is 0 Å². The zero-order valence-electron chi connectivity index (χ0n) is 29.5. The summed E-state index contributed by atoms with van der Waals surface area (Å²) < 4.78 is 0. The number of nitrogens with zero attached hydrogens (tertiary/aromatic N) is 1. The average Bonchev–Trinajstić information content (AvgIpc) is 3.28. The Labute approximate surface area is 301 Å². The first-order valence-corrected chi connectivity index (χ1v) is 17.8. The standard InChI is InChI=1S/C42H49N5O4/c1-43-36(28-30-16-7-3-8-17-30)41(50)46-39-34(29-44-40(49)33-22-13-6-14-23-33)26-27-35(47(2)42(39)51)24-15-25-37(48)45-38(31-18-9-4-10-19-31)32-20-11-5-12-21-32/h3-14,16-23,34-36,38-39,43H,15,24-29H2,1-2H3,(H,44,49)(H,45,48)(H,46,50)/t34?,35-,36?,39?/m1/s1. The largest absolute Gasteiger partial charge is 0.352 e. The number of benzene rings is 4. The zero-order valence-corrected chi connectivity index (χ0v) is 29.5. The Morgan fingerprint density at radius 3 is 1.94 bits per heavy atom. The average molecular weight is 688 g/mol. The van der Waals surface area contributed by atoms with Gasteiger partial charge in [-0.3, -0.25) is 19.2 Å². The number of amides is 4. The minimum absolute atomic E-state index is 0.0570. The van der Waals surface area contributed by atoms with E-state index in [1.54, 1.807) is 43.3 Å². The molecule has 4 N–H and O–H groups in total. The van der Waals surface area contributed by atoms with Crippen LogP contribution in [0.25, 0.3) is 0 Å². The molecule has 1 aliphatic rings. The van der Waals surface area contributed by atoms with Crippen molar-refractivity contribution in [1.82, 2.24) is 26.2 Å². The van der Waals surface area contributed by atoms with Gasteiger partial charge in [-0.25, -0.2) is 0 Å². The highest BCUT2D eigenvalue weighted by atomic mass is 16.2. The summed E-state index contributed by atoms with van der Waals surface area (Å²) in [6, 6.07) is 36.8. The van der Waals surface area contributed by atoms with E-state index in [0.29, 0.717) is 44.1 Å². The Balaban J connectivity index is 1.24. The van der Waals surface area contributed by atoms with E-state index in [-0.39, 0.29) is 48.2 Å². The number of rotatable bonds is 15. The Bertz CT molecular complexity index is 1670. The van der Waals surface area contributed by atoms with E-state index in [9.17, 15) is 19.2 Å². The summed E-state index contributed by atoms with van der Waals surface area (Å²) in [5.41, 5.74) is 3.56. The van der Waals surface area contributed by atoms with Gasteiger partial charge in [-0.05, 0) is 68.0 Å². The Kier molecular flexibility index (Phi) is 13.5. The fraction of sp³-hybridized carbons (Fsp3) is 0.333. The summed E-state index contributed by atoms with van der Waals surface area (Å²) in [5.74, 6) is -1.07. The number of carbonyl (C=O) groups is 4. The van der Waals surface area contributed by atoms with Gasteiger partial charge in [-0.15, -0.1) is 0 Å². The van der Waals surface area contributed by atoms with E-state index in [1.807, 2.05) is 97.1 Å². The van der Waals surface area contributed by atoms with Gasteiger partial charge in [0, 0.05) is 37.5 Å². The number of likely N-dealkylation sites (tertiary alicyclic amines) is 1. The first-order valence-electron chi connectivity index (χ1n) is 17.8. The molecule has 5 rings (SSSR count). The third kappa shape index (κ3) is 10.4. The van der Waals surface area contributed by atoms with Crippen molar-refractivity contribution < 1.29 is 19.2 Å². The van der Waals surface area contributed by atoms with Crippen molar-refractivity contribution >= 4 is 23.6 Å². The van der Waals surface area contributed by atoms with Crippen LogP contribution in [0, 0.1) is 5.92 Å². The molecular weight excluding hydrogens is 638 g/mol. The van der Waals surface area contributed by atoms with Crippen molar-refractivity contribution in [3.63, 3.8) is 0 Å². The van der Waals surface area contributed by atoms with E-state index in [1.165, 1.54) is 0 Å². The molecule has 9 heteroatoms. The predicted octanol–water partition coefficient (Wildman–Crippen LogP) is 5.05. The van der Waals surface area contributed by atoms with Crippen LogP contribution in [-0.4, -0.2) is 67.3 Å². The van der Waals surface area contributed by atoms with Crippen molar-refractivity contribution in [1.29, 1.82) is 0 Å². The highest BCUT2D eigenvalue weighted by Gasteiger charge is 2.39. The molecule has 1 heterocycles. The monoisotopic (exact) mass is 687 g/mol. The topological polar surface area (TPSA) is 120 Å². The van der Waals surface area contributed by atoms with Crippen molar-refractivity contribution in [2.75, 3.05) is 20.6 Å². The molecule has 1 saturated heterocycles. The van der Waals surface area contributed by atoms with Crippen molar-refractivity contribution in [3.8, 4) is 0 Å². The summed E-state index contributed by atoms with van der Waals surface area (Å²) in [4.78, 5) is 55.8. The van der Waals surface area contributed by atoms with E-state index >= 15 is 0 Å². The SMILES string of the molecule is CNC(Cc1ccccc1)C(=O)NC1C(=O)N(C)[C@H](CCCC(=O)NC(c2ccccc2)c2ccccc2)CCC1CNC(=O)c1ccccc1. The first kappa shape index (κ1) is 37.0. The van der Waals surface area contributed by atoms with Crippen LogP contribution in [0.15, 0.2) is 121 Å². The Hall–Kier alpha value is -5.28. The number of hydrogen-bond donors (Lipinski definition) is 4. The van der Waals surface area contributed by atoms with Crippen molar-refractivity contribution in [3.05, 3.63) is 144 Å². The maximum Gasteiger partial charge on any atom is 0.251 e. The molecule has 51 heavy (non-hydrogen) atoms. The van der Waals surface area contributed by atoms with Gasteiger partial charge in [-0.2, -0.15) is 0 Å². The smallest absolute Gasteiger partial charge is 0.251 e. The van der Waals surface area contributed by atoms with Gasteiger partial charge in [0.15, 0.2) is 0 Å². The van der Waals surface area contributed by atoms with Gasteiger partial charge in [0.05, 0.1) is 12.1 Å². The number of nitrogens with one attached hydrogen (secondary N) is 4. The van der Waals surface area contributed by atoms with Crippen LogP contribution < -0.4 is 21.3 Å². The lowest BCUT2D eigenvalue weighted by Gasteiger charge is -2.31. The molecule has 0 bridgehead atoms. The molecule has 1 fully saturated rings. The first-order chi connectivity index (χ1) is 24.8.